The van der Waals surface area contributed by atoms with E-state index in [4.69, 9.17) is 0 Å². The molecule has 0 aliphatic carbocycles. The van der Waals surface area contributed by atoms with Crippen LogP contribution >= 0.6 is 11.8 Å². The number of nitrogens with one attached hydrogen (secondary N) is 1. The Hall–Kier alpha value is -0.250. The fourth-order valence-electron chi connectivity index (χ4n) is 1.81. The summed E-state index contributed by atoms with van der Waals surface area (Å²) in [6.45, 7) is 7.94. The lowest BCUT2D eigenvalue weighted by Gasteiger charge is -2.28. The molecule has 0 radical (unpaired) electrons. The molecule has 0 amide bonds. The summed E-state index contributed by atoms with van der Waals surface area (Å²) in [6.07, 6.45) is 1.95. The van der Waals surface area contributed by atoms with Crippen molar-refractivity contribution in [2.24, 2.45) is 0 Å². The van der Waals surface area contributed by atoms with Crippen LogP contribution in [0.15, 0.2) is 0 Å². The van der Waals surface area contributed by atoms with Gasteiger partial charge < -0.3 is 0 Å². The smallest absolute Gasteiger partial charge is 0.148 e. The van der Waals surface area contributed by atoms with Gasteiger partial charge in [0.1, 0.15) is 15.4 Å². The van der Waals surface area contributed by atoms with E-state index in [9.17, 15) is 13.7 Å². The lowest BCUT2D eigenvalue weighted by atomic mass is 9.97. The SMILES string of the molecule is CC(C)NC(C)(C#N)CC(C)SCCS(C)(=O)=O. The molecule has 0 spiro atoms. The van der Waals surface area contributed by atoms with Crippen LogP contribution in [0.1, 0.15) is 34.1 Å². The Bertz CT molecular complexity index is 387. The quantitative estimate of drug-likeness (QED) is 0.739. The van der Waals surface area contributed by atoms with Crippen molar-refractivity contribution in [2.45, 2.75) is 50.9 Å². The molecule has 1 N–H and O–H groups in total. The summed E-state index contributed by atoms with van der Waals surface area (Å²) in [5.41, 5.74) is -0.550. The van der Waals surface area contributed by atoms with Crippen molar-refractivity contribution in [3.8, 4) is 6.07 Å². The molecule has 0 aromatic rings. The highest BCUT2D eigenvalue weighted by atomic mass is 32.2. The average Bonchev–Trinajstić information content (AvgIpc) is 2.13. The Kier molecular flexibility index (Phi) is 7.26. The van der Waals surface area contributed by atoms with Gasteiger partial charge in [-0.05, 0) is 27.2 Å². The summed E-state index contributed by atoms with van der Waals surface area (Å²) in [7, 11) is -2.89. The topological polar surface area (TPSA) is 70.0 Å². The Labute approximate surface area is 115 Å². The minimum absolute atomic E-state index is 0.197. The second-order valence-electron chi connectivity index (χ2n) is 5.26. The molecule has 0 saturated carbocycles. The Morgan fingerprint density at radius 3 is 2.33 bits per heavy atom. The highest BCUT2D eigenvalue weighted by molar-refractivity contribution is 8.01. The zero-order valence-electron chi connectivity index (χ0n) is 11.9. The van der Waals surface area contributed by atoms with Gasteiger partial charge in [0.2, 0.25) is 0 Å². The van der Waals surface area contributed by atoms with Crippen LogP contribution in [0.25, 0.3) is 0 Å². The van der Waals surface area contributed by atoms with Crippen LogP contribution < -0.4 is 5.32 Å². The van der Waals surface area contributed by atoms with Crippen molar-refractivity contribution in [3.05, 3.63) is 0 Å². The normalized spacial score (nSPS) is 17.2. The van der Waals surface area contributed by atoms with Crippen molar-refractivity contribution in [3.63, 3.8) is 0 Å². The van der Waals surface area contributed by atoms with Gasteiger partial charge in [-0.15, -0.1) is 0 Å². The lowest BCUT2D eigenvalue weighted by Crippen LogP contribution is -2.46. The molecule has 0 saturated heterocycles. The van der Waals surface area contributed by atoms with Crippen LogP contribution in [-0.4, -0.2) is 43.0 Å². The maximum atomic E-state index is 11.0. The van der Waals surface area contributed by atoms with Crippen LogP contribution in [0.3, 0.4) is 0 Å². The maximum Gasteiger partial charge on any atom is 0.148 e. The van der Waals surface area contributed by atoms with Crippen LogP contribution in [0, 0.1) is 11.3 Å². The van der Waals surface area contributed by atoms with Crippen molar-refractivity contribution in [2.75, 3.05) is 17.8 Å². The second kappa shape index (κ2) is 7.37. The van der Waals surface area contributed by atoms with Crippen LogP contribution in [-0.2, 0) is 9.84 Å². The van der Waals surface area contributed by atoms with Crippen LogP contribution in [0.5, 0.6) is 0 Å². The van der Waals surface area contributed by atoms with Gasteiger partial charge in [-0.2, -0.15) is 17.0 Å². The van der Waals surface area contributed by atoms with E-state index in [0.29, 0.717) is 12.2 Å². The summed E-state index contributed by atoms with van der Waals surface area (Å²) in [6, 6.07) is 2.56. The standard InChI is InChI=1S/C12H24N2O2S2/c1-10(2)14-12(4,9-13)8-11(3)17-6-7-18(5,15)16/h10-11,14H,6-8H2,1-5H3. The largest absolute Gasteiger partial charge is 0.297 e. The molecule has 2 unspecified atom stereocenters. The molecule has 0 aliphatic heterocycles. The summed E-state index contributed by atoms with van der Waals surface area (Å²) < 4.78 is 22.0. The molecule has 0 aliphatic rings. The monoisotopic (exact) mass is 292 g/mol. The highest BCUT2D eigenvalue weighted by Gasteiger charge is 2.27. The molecule has 0 rings (SSSR count). The second-order valence-corrected chi connectivity index (χ2v) is 9.06. The van der Waals surface area contributed by atoms with E-state index in [1.165, 1.54) is 6.26 Å². The van der Waals surface area contributed by atoms with Crippen molar-refractivity contribution < 1.29 is 8.42 Å². The zero-order chi connectivity index (χ0) is 14.4. The Morgan fingerprint density at radius 1 is 1.39 bits per heavy atom. The van der Waals surface area contributed by atoms with E-state index in [1.54, 1.807) is 11.8 Å². The molecular weight excluding hydrogens is 268 g/mol. The lowest BCUT2D eigenvalue weighted by molar-refractivity contribution is 0.382. The number of hydrogen-bond donors (Lipinski definition) is 1. The fraction of sp³-hybridized carbons (Fsp3) is 0.917. The predicted molar refractivity (Wildman–Crippen MR) is 78.5 cm³/mol. The van der Waals surface area contributed by atoms with E-state index in [-0.39, 0.29) is 17.0 Å². The predicted octanol–water partition coefficient (Wildman–Crippen LogP) is 1.82. The first-order chi connectivity index (χ1) is 8.08. The summed E-state index contributed by atoms with van der Waals surface area (Å²) in [5.74, 6) is 0.784. The van der Waals surface area contributed by atoms with Crippen molar-refractivity contribution in [1.82, 2.24) is 5.32 Å². The molecule has 106 valence electrons. The number of hydrogen-bond acceptors (Lipinski definition) is 5. The Balaban J connectivity index is 4.21. The first-order valence-corrected chi connectivity index (χ1v) is 9.17. The fourth-order valence-corrected chi connectivity index (χ4v) is 4.26. The highest BCUT2D eigenvalue weighted by Crippen LogP contribution is 2.22. The average molecular weight is 292 g/mol. The number of nitriles is 1. The van der Waals surface area contributed by atoms with Crippen molar-refractivity contribution >= 4 is 21.6 Å². The molecule has 4 nitrogen and oxygen atoms in total. The Morgan fingerprint density at radius 2 is 1.94 bits per heavy atom. The number of thioether (sulfide) groups is 1. The van der Waals surface area contributed by atoms with E-state index in [1.807, 2.05) is 27.7 Å². The molecular formula is C12H24N2O2S2. The van der Waals surface area contributed by atoms with E-state index < -0.39 is 15.4 Å². The van der Waals surface area contributed by atoms with Crippen LogP contribution in [0.2, 0.25) is 0 Å². The third-order valence-electron chi connectivity index (χ3n) is 2.41. The molecule has 0 aromatic heterocycles. The molecule has 2 atom stereocenters. The van der Waals surface area contributed by atoms with Gasteiger partial charge in [-0.1, -0.05) is 6.92 Å². The van der Waals surface area contributed by atoms with Crippen LogP contribution in [0.4, 0.5) is 0 Å². The maximum absolute atomic E-state index is 11.0. The molecule has 6 heteroatoms. The number of nitrogens with zero attached hydrogens (tertiary/aromatic N) is 1. The van der Waals surface area contributed by atoms with Gasteiger partial charge in [-0.3, -0.25) is 5.32 Å². The summed E-state index contributed by atoms with van der Waals surface area (Å²) in [5, 5.41) is 12.7. The summed E-state index contributed by atoms with van der Waals surface area (Å²) >= 11 is 1.60. The van der Waals surface area contributed by atoms with Gasteiger partial charge in [0.25, 0.3) is 0 Å². The number of sulfone groups is 1. The van der Waals surface area contributed by atoms with Gasteiger partial charge in [0.05, 0.1) is 11.8 Å². The zero-order valence-corrected chi connectivity index (χ0v) is 13.5. The molecule has 18 heavy (non-hydrogen) atoms. The minimum Gasteiger partial charge on any atom is -0.297 e. The molecule has 0 heterocycles. The first-order valence-electron chi connectivity index (χ1n) is 6.06. The number of rotatable bonds is 8. The van der Waals surface area contributed by atoms with Crippen molar-refractivity contribution in [1.29, 1.82) is 5.26 Å². The van der Waals surface area contributed by atoms with Gasteiger partial charge in [0, 0.05) is 23.3 Å². The minimum atomic E-state index is -2.89. The molecule has 0 bridgehead atoms. The first kappa shape index (κ1) is 17.8. The van der Waals surface area contributed by atoms with E-state index in [0.717, 1.165) is 0 Å². The van der Waals surface area contributed by atoms with E-state index in [2.05, 4.69) is 11.4 Å². The molecule has 0 fully saturated rings. The molecule has 0 aromatic carbocycles. The van der Waals surface area contributed by atoms with Gasteiger partial charge >= 0.3 is 0 Å². The van der Waals surface area contributed by atoms with Gasteiger partial charge in [0.15, 0.2) is 0 Å². The third-order valence-corrected chi connectivity index (χ3v) is 4.79. The van der Waals surface area contributed by atoms with E-state index >= 15 is 0 Å². The third kappa shape index (κ3) is 8.78. The van der Waals surface area contributed by atoms with Gasteiger partial charge in [-0.25, -0.2) is 8.42 Å². The summed E-state index contributed by atoms with van der Waals surface area (Å²) in [4.78, 5) is 0.